The summed E-state index contributed by atoms with van der Waals surface area (Å²) in [5.41, 5.74) is 1.85. The van der Waals surface area contributed by atoms with Crippen LogP contribution in [0.4, 0.5) is 17.3 Å². The van der Waals surface area contributed by atoms with Crippen molar-refractivity contribution in [2.75, 3.05) is 23.5 Å². The van der Waals surface area contributed by atoms with Crippen LogP contribution in [0.25, 0.3) is 0 Å². The molecule has 8 nitrogen and oxygen atoms in total. The lowest BCUT2D eigenvalue weighted by atomic mass is 10.2. The minimum Gasteiger partial charge on any atom is -0.497 e. The highest BCUT2D eigenvalue weighted by Gasteiger charge is 2.34. The first-order valence-corrected chi connectivity index (χ1v) is 10.1. The molecule has 0 fully saturated rings. The second-order valence-electron chi connectivity index (χ2n) is 6.67. The minimum atomic E-state index is -0.244. The predicted molar refractivity (Wildman–Crippen MR) is 115 cm³/mol. The van der Waals surface area contributed by atoms with Crippen molar-refractivity contribution >= 4 is 46.4 Å². The average molecular weight is 445 g/mol. The molecule has 1 amide bonds. The lowest BCUT2D eigenvalue weighted by Crippen LogP contribution is -2.31. The zero-order chi connectivity index (χ0) is 21.3. The van der Waals surface area contributed by atoms with Gasteiger partial charge in [0.2, 0.25) is 0 Å². The van der Waals surface area contributed by atoms with Gasteiger partial charge in [0.25, 0.3) is 5.91 Å². The number of rotatable bonds is 5. The van der Waals surface area contributed by atoms with E-state index in [0.717, 1.165) is 17.7 Å². The lowest BCUT2D eigenvalue weighted by Gasteiger charge is -2.24. The quantitative estimate of drug-likeness (QED) is 0.579. The summed E-state index contributed by atoms with van der Waals surface area (Å²) >= 11 is 12.2. The summed E-state index contributed by atoms with van der Waals surface area (Å²) in [5, 5.41) is 16.8. The summed E-state index contributed by atoms with van der Waals surface area (Å²) in [5.74, 6) is 1.33. The molecule has 10 heteroatoms. The smallest absolute Gasteiger partial charge is 0.262 e. The van der Waals surface area contributed by atoms with Crippen molar-refractivity contribution in [3.8, 4) is 5.75 Å². The number of halogens is 2. The highest BCUT2D eigenvalue weighted by molar-refractivity contribution is 6.30. The molecule has 0 spiro atoms. The van der Waals surface area contributed by atoms with Crippen LogP contribution in [0.1, 0.15) is 29.3 Å². The molecule has 1 aliphatic rings. The normalized spacial score (nSPS) is 13.0. The second kappa shape index (κ2) is 8.41. The first-order chi connectivity index (χ1) is 14.5. The van der Waals surface area contributed by atoms with Crippen LogP contribution in [0.2, 0.25) is 10.3 Å². The Morgan fingerprint density at radius 3 is 2.27 bits per heavy atom. The molecule has 0 N–H and O–H groups in total. The number of hydrogen-bond acceptors (Lipinski definition) is 7. The molecule has 4 rings (SSSR count). The molecule has 0 saturated heterocycles. The number of methoxy groups -OCH3 is 1. The number of benzene rings is 1. The van der Waals surface area contributed by atoms with Crippen LogP contribution in [-0.2, 0) is 6.54 Å². The van der Waals surface area contributed by atoms with E-state index in [2.05, 4.69) is 20.4 Å². The molecule has 3 heterocycles. The molecule has 3 aromatic rings. The number of hydrogen-bond donors (Lipinski definition) is 0. The molecule has 0 atom stereocenters. The summed E-state index contributed by atoms with van der Waals surface area (Å²) in [6, 6.07) is 10.8. The maximum Gasteiger partial charge on any atom is 0.262 e. The van der Waals surface area contributed by atoms with E-state index < -0.39 is 0 Å². The van der Waals surface area contributed by atoms with Crippen molar-refractivity contribution in [2.45, 2.75) is 19.9 Å². The summed E-state index contributed by atoms with van der Waals surface area (Å²) in [6.07, 6.45) is 0.741. The van der Waals surface area contributed by atoms with Crippen LogP contribution < -0.4 is 14.5 Å². The summed E-state index contributed by atoms with van der Waals surface area (Å²) in [4.78, 5) is 16.8. The Hall–Kier alpha value is -2.97. The average Bonchev–Trinajstić information content (AvgIpc) is 2.84. The fourth-order valence-electron chi connectivity index (χ4n) is 3.33. The molecule has 154 valence electrons. The third-order valence-corrected chi connectivity index (χ3v) is 5.06. The molecule has 0 unspecified atom stereocenters. The van der Waals surface area contributed by atoms with Gasteiger partial charge in [0.1, 0.15) is 5.75 Å². The molecule has 0 aliphatic carbocycles. The van der Waals surface area contributed by atoms with Gasteiger partial charge in [-0.05, 0) is 30.2 Å². The molecule has 0 radical (unpaired) electrons. The number of amides is 1. The molecule has 0 bridgehead atoms. The Labute approximate surface area is 183 Å². The maximum atomic E-state index is 13.4. The van der Waals surface area contributed by atoms with E-state index in [9.17, 15) is 4.79 Å². The van der Waals surface area contributed by atoms with Gasteiger partial charge in [0, 0.05) is 12.6 Å². The Balaban J connectivity index is 1.90. The Morgan fingerprint density at radius 1 is 0.933 bits per heavy atom. The molecule has 2 aromatic heterocycles. The highest BCUT2D eigenvalue weighted by atomic mass is 35.5. The van der Waals surface area contributed by atoms with E-state index in [-0.39, 0.29) is 16.2 Å². The largest absolute Gasteiger partial charge is 0.497 e. The van der Waals surface area contributed by atoms with Gasteiger partial charge in [-0.2, -0.15) is 0 Å². The number of carbonyl (C=O) groups is 1. The number of nitrogens with zero attached hydrogens (tertiary/aromatic N) is 6. The van der Waals surface area contributed by atoms with Gasteiger partial charge in [-0.25, -0.2) is 0 Å². The third-order valence-electron chi connectivity index (χ3n) is 4.69. The summed E-state index contributed by atoms with van der Waals surface area (Å²) < 4.78 is 5.23. The first-order valence-electron chi connectivity index (χ1n) is 9.30. The highest BCUT2D eigenvalue weighted by Crippen LogP contribution is 2.40. The molecule has 1 aromatic carbocycles. The van der Waals surface area contributed by atoms with Gasteiger partial charge in [0.05, 0.1) is 24.9 Å². The van der Waals surface area contributed by atoms with Crippen LogP contribution in [0, 0.1) is 0 Å². The van der Waals surface area contributed by atoms with Crippen molar-refractivity contribution in [1.29, 1.82) is 0 Å². The van der Waals surface area contributed by atoms with Crippen LogP contribution >= 0.6 is 23.2 Å². The van der Waals surface area contributed by atoms with Crippen molar-refractivity contribution in [3.05, 3.63) is 57.8 Å². The van der Waals surface area contributed by atoms with Gasteiger partial charge < -0.3 is 14.5 Å². The number of aromatic nitrogens is 4. The molecular weight excluding hydrogens is 427 g/mol. The molecular formula is C20H18Cl2N6O2. The number of anilines is 3. The van der Waals surface area contributed by atoms with Gasteiger partial charge in [-0.3, -0.25) is 4.79 Å². The third kappa shape index (κ3) is 3.76. The second-order valence-corrected chi connectivity index (χ2v) is 7.45. The van der Waals surface area contributed by atoms with Crippen LogP contribution in [0.5, 0.6) is 5.75 Å². The number of fused-ring (bicyclic) bond motifs is 2. The van der Waals surface area contributed by atoms with Gasteiger partial charge >= 0.3 is 0 Å². The van der Waals surface area contributed by atoms with E-state index in [0.29, 0.717) is 36.0 Å². The van der Waals surface area contributed by atoms with E-state index in [4.69, 9.17) is 27.9 Å². The zero-order valence-electron chi connectivity index (χ0n) is 16.3. The lowest BCUT2D eigenvalue weighted by molar-refractivity contribution is 0.0988. The number of ether oxygens (including phenoxy) is 1. The predicted octanol–water partition coefficient (Wildman–Crippen LogP) is 4.29. The van der Waals surface area contributed by atoms with Crippen molar-refractivity contribution in [3.63, 3.8) is 0 Å². The number of carbonyl (C=O) groups excluding carboxylic acids is 1. The molecule has 0 saturated carbocycles. The van der Waals surface area contributed by atoms with E-state index >= 15 is 0 Å². The minimum absolute atomic E-state index is 0.137. The van der Waals surface area contributed by atoms with Crippen molar-refractivity contribution < 1.29 is 9.53 Å². The van der Waals surface area contributed by atoms with Crippen LogP contribution in [-0.4, -0.2) is 40.0 Å². The SMILES string of the molecule is CCCN1C(=O)c2cc(Cl)nnc2N(Cc2ccc(OC)cc2)c2nnc(Cl)cc21. The Bertz CT molecular complexity index is 1090. The Kier molecular flexibility index (Phi) is 5.69. The first kappa shape index (κ1) is 20.3. The van der Waals surface area contributed by atoms with Gasteiger partial charge in [0.15, 0.2) is 21.9 Å². The fraction of sp³-hybridized carbons (Fsp3) is 0.250. The molecule has 1 aliphatic heterocycles. The topological polar surface area (TPSA) is 84.3 Å². The molecule has 30 heavy (non-hydrogen) atoms. The summed E-state index contributed by atoms with van der Waals surface area (Å²) in [6.45, 7) is 2.84. The van der Waals surface area contributed by atoms with Crippen molar-refractivity contribution in [1.82, 2.24) is 20.4 Å². The van der Waals surface area contributed by atoms with E-state index in [1.165, 1.54) is 6.07 Å². The van der Waals surface area contributed by atoms with E-state index in [1.807, 2.05) is 31.2 Å². The van der Waals surface area contributed by atoms with Gasteiger partial charge in [-0.15, -0.1) is 20.4 Å². The van der Waals surface area contributed by atoms with E-state index in [1.54, 1.807) is 23.0 Å². The van der Waals surface area contributed by atoms with Crippen molar-refractivity contribution in [2.24, 2.45) is 0 Å². The fourth-order valence-corrected chi connectivity index (χ4v) is 3.61. The standard InChI is InChI=1S/C20H18Cl2N6O2/c1-3-8-27-15-10-17(22)24-26-19(15)28(11-12-4-6-13(30-2)7-5-12)18-14(20(27)29)9-16(21)23-25-18/h4-7,9-10H,3,8,11H2,1-2H3. The zero-order valence-corrected chi connectivity index (χ0v) is 17.9. The van der Waals surface area contributed by atoms with Gasteiger partial charge in [-0.1, -0.05) is 42.3 Å². The summed E-state index contributed by atoms with van der Waals surface area (Å²) in [7, 11) is 1.61. The van der Waals surface area contributed by atoms with Crippen LogP contribution in [0.15, 0.2) is 36.4 Å². The maximum absolute atomic E-state index is 13.4. The van der Waals surface area contributed by atoms with Crippen LogP contribution in [0.3, 0.4) is 0 Å². The Morgan fingerprint density at radius 2 is 1.60 bits per heavy atom. The monoisotopic (exact) mass is 444 g/mol.